The fraction of sp³-hybridized carbons (Fsp3) is 0.636. The van der Waals surface area contributed by atoms with E-state index in [1.165, 1.54) is 4.88 Å². The summed E-state index contributed by atoms with van der Waals surface area (Å²) in [6.45, 7) is 3.51. The van der Waals surface area contributed by atoms with Crippen LogP contribution in [0.25, 0.3) is 0 Å². The van der Waals surface area contributed by atoms with Crippen molar-refractivity contribution in [2.45, 2.75) is 19.0 Å². The van der Waals surface area contributed by atoms with Crippen molar-refractivity contribution in [3.63, 3.8) is 0 Å². The van der Waals surface area contributed by atoms with E-state index in [4.69, 9.17) is 10.5 Å². The monoisotopic (exact) mass is 228 g/mol. The molecule has 3 nitrogen and oxygen atoms in total. The smallest absolute Gasteiger partial charge is 0.0630 e. The minimum atomic E-state index is 0.284. The van der Waals surface area contributed by atoms with Gasteiger partial charge in [-0.05, 0) is 25.4 Å². The Kier molecular flexibility index (Phi) is 5.25. The van der Waals surface area contributed by atoms with E-state index in [0.29, 0.717) is 19.2 Å². The summed E-state index contributed by atoms with van der Waals surface area (Å²) in [5.41, 5.74) is 5.73. The second kappa shape index (κ2) is 6.23. The highest BCUT2D eigenvalue weighted by atomic mass is 32.1. The molecule has 0 aliphatic carbocycles. The van der Waals surface area contributed by atoms with Crippen molar-refractivity contribution in [2.24, 2.45) is 5.73 Å². The van der Waals surface area contributed by atoms with Gasteiger partial charge < -0.3 is 10.5 Å². The Morgan fingerprint density at radius 3 is 2.80 bits per heavy atom. The number of nitrogens with two attached hydrogens (primary N) is 1. The van der Waals surface area contributed by atoms with Gasteiger partial charge in [0.1, 0.15) is 0 Å². The molecule has 0 aromatic carbocycles. The molecule has 1 heterocycles. The third kappa shape index (κ3) is 3.28. The summed E-state index contributed by atoms with van der Waals surface area (Å²) in [6.07, 6.45) is 0. The molecule has 2 atom stereocenters. The lowest BCUT2D eigenvalue weighted by atomic mass is 10.2. The highest BCUT2D eigenvalue weighted by molar-refractivity contribution is 7.10. The lowest BCUT2D eigenvalue weighted by Crippen LogP contribution is -2.42. The van der Waals surface area contributed by atoms with Gasteiger partial charge in [0.25, 0.3) is 0 Å². The largest absolute Gasteiger partial charge is 0.383 e. The first-order valence-electron chi connectivity index (χ1n) is 5.15. The van der Waals surface area contributed by atoms with E-state index in [9.17, 15) is 0 Å². The van der Waals surface area contributed by atoms with Crippen LogP contribution in [-0.2, 0) is 4.74 Å². The Hall–Kier alpha value is -0.420. The lowest BCUT2D eigenvalue weighted by molar-refractivity contribution is 0.0894. The van der Waals surface area contributed by atoms with Crippen LogP contribution in [0.15, 0.2) is 17.5 Å². The van der Waals surface area contributed by atoms with Gasteiger partial charge in [0.15, 0.2) is 0 Å². The molecule has 15 heavy (non-hydrogen) atoms. The highest BCUT2D eigenvalue weighted by Crippen LogP contribution is 2.24. The second-order valence-electron chi connectivity index (χ2n) is 3.70. The predicted molar refractivity (Wildman–Crippen MR) is 65.2 cm³/mol. The zero-order valence-electron chi connectivity index (χ0n) is 9.64. The highest BCUT2D eigenvalue weighted by Gasteiger charge is 2.20. The molecule has 1 aromatic heterocycles. The molecular weight excluding hydrogens is 208 g/mol. The first-order valence-corrected chi connectivity index (χ1v) is 6.03. The average Bonchev–Trinajstić information content (AvgIpc) is 2.77. The van der Waals surface area contributed by atoms with Gasteiger partial charge in [0.05, 0.1) is 6.61 Å². The van der Waals surface area contributed by atoms with Crippen molar-refractivity contribution in [2.75, 3.05) is 27.3 Å². The van der Waals surface area contributed by atoms with E-state index in [0.717, 1.165) is 0 Å². The van der Waals surface area contributed by atoms with Gasteiger partial charge in [-0.3, -0.25) is 4.90 Å². The van der Waals surface area contributed by atoms with Crippen molar-refractivity contribution in [1.82, 2.24) is 4.90 Å². The standard InChI is InChI=1S/C11H20N2OS/c1-9(11-5-4-6-15-11)13(2)10(7-12)8-14-3/h4-6,9-10H,7-8,12H2,1-3H3. The molecule has 0 fully saturated rings. The van der Waals surface area contributed by atoms with Gasteiger partial charge >= 0.3 is 0 Å². The summed E-state index contributed by atoms with van der Waals surface area (Å²) in [6, 6.07) is 4.92. The zero-order chi connectivity index (χ0) is 11.3. The Morgan fingerprint density at radius 2 is 2.33 bits per heavy atom. The molecule has 4 heteroatoms. The minimum absolute atomic E-state index is 0.284. The van der Waals surface area contributed by atoms with E-state index in [2.05, 4.69) is 36.4 Å². The molecule has 86 valence electrons. The van der Waals surface area contributed by atoms with Crippen LogP contribution in [0.1, 0.15) is 17.8 Å². The number of nitrogens with zero attached hydrogens (tertiary/aromatic N) is 1. The molecule has 0 bridgehead atoms. The quantitative estimate of drug-likeness (QED) is 0.805. The molecule has 0 amide bonds. The number of methoxy groups -OCH3 is 1. The molecule has 0 saturated carbocycles. The maximum absolute atomic E-state index is 5.73. The molecular formula is C11H20N2OS. The first-order chi connectivity index (χ1) is 7.20. The average molecular weight is 228 g/mol. The number of hydrogen-bond donors (Lipinski definition) is 1. The van der Waals surface area contributed by atoms with Gasteiger partial charge in [-0.2, -0.15) is 0 Å². The number of hydrogen-bond acceptors (Lipinski definition) is 4. The van der Waals surface area contributed by atoms with Gasteiger partial charge in [-0.15, -0.1) is 11.3 Å². The maximum atomic E-state index is 5.73. The van der Waals surface area contributed by atoms with Crippen LogP contribution in [0.5, 0.6) is 0 Å². The molecule has 0 aliphatic rings. The lowest BCUT2D eigenvalue weighted by Gasteiger charge is -2.31. The fourth-order valence-corrected chi connectivity index (χ4v) is 2.42. The maximum Gasteiger partial charge on any atom is 0.0630 e. The summed E-state index contributed by atoms with van der Waals surface area (Å²) < 4.78 is 5.17. The normalized spacial score (nSPS) is 15.5. The topological polar surface area (TPSA) is 38.5 Å². The third-order valence-corrected chi connectivity index (χ3v) is 3.82. The molecule has 0 spiro atoms. The van der Waals surface area contributed by atoms with Crippen LogP contribution in [0.4, 0.5) is 0 Å². The van der Waals surface area contributed by atoms with Crippen molar-refractivity contribution >= 4 is 11.3 Å². The Balaban J connectivity index is 2.61. The van der Waals surface area contributed by atoms with E-state index in [1.807, 2.05) is 0 Å². The number of thiophene rings is 1. The molecule has 1 rings (SSSR count). The van der Waals surface area contributed by atoms with Gasteiger partial charge in [0, 0.05) is 30.6 Å². The van der Waals surface area contributed by atoms with Gasteiger partial charge in [-0.1, -0.05) is 6.07 Å². The Bertz CT molecular complexity index is 264. The van der Waals surface area contributed by atoms with E-state index in [-0.39, 0.29) is 6.04 Å². The SMILES string of the molecule is COCC(CN)N(C)C(C)c1cccs1. The fourth-order valence-electron chi connectivity index (χ4n) is 1.59. The van der Waals surface area contributed by atoms with Gasteiger partial charge in [0.2, 0.25) is 0 Å². The van der Waals surface area contributed by atoms with Crippen LogP contribution in [0, 0.1) is 0 Å². The van der Waals surface area contributed by atoms with Crippen molar-refractivity contribution in [3.05, 3.63) is 22.4 Å². The summed E-state index contributed by atoms with van der Waals surface area (Å²) in [7, 11) is 3.81. The number of rotatable bonds is 6. The second-order valence-corrected chi connectivity index (χ2v) is 4.68. The van der Waals surface area contributed by atoms with Crippen LogP contribution in [-0.4, -0.2) is 38.3 Å². The molecule has 2 unspecified atom stereocenters. The van der Waals surface area contributed by atoms with Crippen LogP contribution in [0.2, 0.25) is 0 Å². The Labute approximate surface area is 95.8 Å². The first kappa shape index (κ1) is 12.6. The van der Waals surface area contributed by atoms with Gasteiger partial charge in [-0.25, -0.2) is 0 Å². The summed E-state index contributed by atoms with van der Waals surface area (Å²) in [4.78, 5) is 3.64. The zero-order valence-corrected chi connectivity index (χ0v) is 10.5. The Morgan fingerprint density at radius 1 is 1.60 bits per heavy atom. The molecule has 0 saturated heterocycles. The van der Waals surface area contributed by atoms with Crippen LogP contribution in [0.3, 0.4) is 0 Å². The molecule has 0 aliphatic heterocycles. The van der Waals surface area contributed by atoms with Crippen molar-refractivity contribution in [3.8, 4) is 0 Å². The van der Waals surface area contributed by atoms with E-state index < -0.39 is 0 Å². The summed E-state index contributed by atoms with van der Waals surface area (Å²) in [5.74, 6) is 0. The summed E-state index contributed by atoms with van der Waals surface area (Å²) in [5, 5.41) is 2.10. The third-order valence-electron chi connectivity index (χ3n) is 2.77. The van der Waals surface area contributed by atoms with Crippen LogP contribution < -0.4 is 5.73 Å². The van der Waals surface area contributed by atoms with Crippen molar-refractivity contribution in [1.29, 1.82) is 0 Å². The molecule has 2 N–H and O–H groups in total. The number of likely N-dealkylation sites (N-methyl/N-ethyl adjacent to an activating group) is 1. The summed E-state index contributed by atoms with van der Waals surface area (Å²) >= 11 is 1.78. The predicted octanol–water partition coefficient (Wildman–Crippen LogP) is 1.71. The molecule has 0 radical (unpaired) electrons. The minimum Gasteiger partial charge on any atom is -0.383 e. The van der Waals surface area contributed by atoms with Crippen molar-refractivity contribution < 1.29 is 4.74 Å². The van der Waals surface area contributed by atoms with E-state index >= 15 is 0 Å². The number of ether oxygens (including phenoxy) is 1. The molecule has 1 aromatic rings. The van der Waals surface area contributed by atoms with Crippen LogP contribution >= 0.6 is 11.3 Å². The van der Waals surface area contributed by atoms with E-state index in [1.54, 1.807) is 18.4 Å².